The van der Waals surface area contributed by atoms with Gasteiger partial charge in [-0.3, -0.25) is 9.78 Å². The first-order valence-corrected chi connectivity index (χ1v) is 7.52. The van der Waals surface area contributed by atoms with E-state index in [0.717, 1.165) is 37.6 Å². The lowest BCUT2D eigenvalue weighted by atomic mass is 9.86. The summed E-state index contributed by atoms with van der Waals surface area (Å²) in [6.45, 7) is 0.788. The molecule has 0 unspecified atom stereocenters. The van der Waals surface area contributed by atoms with Crippen LogP contribution in [0.15, 0.2) is 36.7 Å². The normalized spacial score (nSPS) is 22.3. The van der Waals surface area contributed by atoms with Crippen LogP contribution in [0.2, 0.25) is 0 Å². The standard InChI is InChI=1S/C17H20N2O2/c20-17(21)12-5-7-15(8-6-12)19-11-14-10-18-9-13-3-1-2-4-16(13)14/h1-4,9-10,12,15,19H,5-8,11H2,(H,20,21). The maximum atomic E-state index is 11.0. The van der Waals surface area contributed by atoms with E-state index in [1.807, 2.05) is 24.5 Å². The number of carbonyl (C=O) groups is 1. The SMILES string of the molecule is O=C(O)C1CCC(NCc2cncc3ccccc23)CC1. The molecule has 1 fully saturated rings. The van der Waals surface area contributed by atoms with Crippen molar-refractivity contribution in [2.24, 2.45) is 5.92 Å². The van der Waals surface area contributed by atoms with Gasteiger partial charge < -0.3 is 10.4 Å². The highest BCUT2D eigenvalue weighted by atomic mass is 16.4. The molecule has 1 aliphatic carbocycles. The van der Waals surface area contributed by atoms with Crippen molar-refractivity contribution in [3.05, 3.63) is 42.2 Å². The number of carboxylic acid groups (broad SMARTS) is 1. The van der Waals surface area contributed by atoms with Crippen LogP contribution in [0.5, 0.6) is 0 Å². The molecule has 0 bridgehead atoms. The molecule has 110 valence electrons. The summed E-state index contributed by atoms with van der Waals surface area (Å²) in [5.41, 5.74) is 1.20. The predicted octanol–water partition coefficient (Wildman–Crippen LogP) is 2.97. The molecule has 0 radical (unpaired) electrons. The largest absolute Gasteiger partial charge is 0.481 e. The summed E-state index contributed by atoms with van der Waals surface area (Å²) < 4.78 is 0. The van der Waals surface area contributed by atoms with E-state index in [1.54, 1.807) is 0 Å². The van der Waals surface area contributed by atoms with Crippen molar-refractivity contribution in [2.45, 2.75) is 38.3 Å². The molecule has 1 heterocycles. The zero-order chi connectivity index (χ0) is 14.7. The molecule has 2 N–H and O–H groups in total. The molecule has 0 aliphatic heterocycles. The topological polar surface area (TPSA) is 62.2 Å². The van der Waals surface area contributed by atoms with Crippen molar-refractivity contribution in [2.75, 3.05) is 0 Å². The zero-order valence-electron chi connectivity index (χ0n) is 12.0. The number of aromatic nitrogens is 1. The number of hydrogen-bond donors (Lipinski definition) is 2. The van der Waals surface area contributed by atoms with E-state index >= 15 is 0 Å². The third kappa shape index (κ3) is 3.22. The van der Waals surface area contributed by atoms with Crippen LogP contribution in [-0.4, -0.2) is 22.1 Å². The highest BCUT2D eigenvalue weighted by molar-refractivity contribution is 5.84. The highest BCUT2D eigenvalue weighted by Gasteiger charge is 2.25. The summed E-state index contributed by atoms with van der Waals surface area (Å²) in [5.74, 6) is -0.797. The number of benzene rings is 1. The Morgan fingerprint density at radius 2 is 1.95 bits per heavy atom. The molecule has 1 aromatic carbocycles. The summed E-state index contributed by atoms with van der Waals surface area (Å²) in [6.07, 6.45) is 7.24. The van der Waals surface area contributed by atoms with Crippen molar-refractivity contribution in [1.82, 2.24) is 10.3 Å². The lowest BCUT2D eigenvalue weighted by molar-refractivity contribution is -0.142. The first-order chi connectivity index (χ1) is 10.2. The van der Waals surface area contributed by atoms with Gasteiger partial charge in [0.25, 0.3) is 0 Å². The minimum Gasteiger partial charge on any atom is -0.481 e. The van der Waals surface area contributed by atoms with E-state index in [1.165, 1.54) is 10.9 Å². The van der Waals surface area contributed by atoms with E-state index in [-0.39, 0.29) is 5.92 Å². The van der Waals surface area contributed by atoms with Crippen LogP contribution in [0, 0.1) is 5.92 Å². The fourth-order valence-corrected chi connectivity index (χ4v) is 3.12. The number of aliphatic carboxylic acids is 1. The second-order valence-corrected chi connectivity index (χ2v) is 5.79. The van der Waals surface area contributed by atoms with Gasteiger partial charge in [0.15, 0.2) is 0 Å². The average molecular weight is 284 g/mol. The number of rotatable bonds is 4. The Hall–Kier alpha value is -1.94. The van der Waals surface area contributed by atoms with Gasteiger partial charge in [0.05, 0.1) is 5.92 Å². The summed E-state index contributed by atoms with van der Waals surface area (Å²) in [4.78, 5) is 15.3. The van der Waals surface area contributed by atoms with Gasteiger partial charge in [-0.1, -0.05) is 24.3 Å². The van der Waals surface area contributed by atoms with Crippen LogP contribution >= 0.6 is 0 Å². The van der Waals surface area contributed by atoms with E-state index in [4.69, 9.17) is 5.11 Å². The molecular formula is C17H20N2O2. The summed E-state index contributed by atoms with van der Waals surface area (Å²) >= 11 is 0. The highest BCUT2D eigenvalue weighted by Crippen LogP contribution is 2.25. The van der Waals surface area contributed by atoms with E-state index < -0.39 is 5.97 Å². The lowest BCUT2D eigenvalue weighted by Crippen LogP contribution is -2.34. The van der Waals surface area contributed by atoms with Crippen LogP contribution < -0.4 is 5.32 Å². The van der Waals surface area contributed by atoms with E-state index in [2.05, 4.69) is 22.4 Å². The average Bonchev–Trinajstić information content (AvgIpc) is 2.53. The van der Waals surface area contributed by atoms with Crippen molar-refractivity contribution >= 4 is 16.7 Å². The second-order valence-electron chi connectivity index (χ2n) is 5.79. The van der Waals surface area contributed by atoms with Crippen molar-refractivity contribution in [1.29, 1.82) is 0 Å². The number of carboxylic acids is 1. The molecule has 0 atom stereocenters. The monoisotopic (exact) mass is 284 g/mol. The van der Waals surface area contributed by atoms with Crippen LogP contribution in [0.4, 0.5) is 0 Å². The van der Waals surface area contributed by atoms with Gasteiger partial charge in [-0.25, -0.2) is 0 Å². The molecule has 1 aliphatic rings. The maximum absolute atomic E-state index is 11.0. The molecule has 3 rings (SSSR count). The van der Waals surface area contributed by atoms with Gasteiger partial charge >= 0.3 is 5.97 Å². The predicted molar refractivity (Wildman–Crippen MR) is 82.0 cm³/mol. The smallest absolute Gasteiger partial charge is 0.306 e. The van der Waals surface area contributed by atoms with Crippen molar-refractivity contribution in [3.63, 3.8) is 0 Å². The van der Waals surface area contributed by atoms with Gasteiger partial charge in [-0.15, -0.1) is 0 Å². The number of fused-ring (bicyclic) bond motifs is 1. The first-order valence-electron chi connectivity index (χ1n) is 7.52. The van der Waals surface area contributed by atoms with Gasteiger partial charge in [-0.05, 0) is 36.6 Å². The Morgan fingerprint density at radius 3 is 2.71 bits per heavy atom. The molecule has 4 nitrogen and oxygen atoms in total. The third-order valence-electron chi connectivity index (χ3n) is 4.41. The molecular weight excluding hydrogens is 264 g/mol. The van der Waals surface area contributed by atoms with Gasteiger partial charge in [0.2, 0.25) is 0 Å². The molecule has 1 saturated carbocycles. The number of hydrogen-bond acceptors (Lipinski definition) is 3. The molecule has 2 aromatic rings. The lowest BCUT2D eigenvalue weighted by Gasteiger charge is -2.27. The van der Waals surface area contributed by atoms with Gasteiger partial charge in [0, 0.05) is 30.4 Å². The van der Waals surface area contributed by atoms with Crippen LogP contribution in [0.25, 0.3) is 10.8 Å². The van der Waals surface area contributed by atoms with E-state index in [9.17, 15) is 4.79 Å². The fraction of sp³-hybridized carbons (Fsp3) is 0.412. The van der Waals surface area contributed by atoms with Crippen molar-refractivity contribution < 1.29 is 9.90 Å². The van der Waals surface area contributed by atoms with Crippen molar-refractivity contribution in [3.8, 4) is 0 Å². The van der Waals surface area contributed by atoms with Crippen LogP contribution in [0.3, 0.4) is 0 Å². The van der Waals surface area contributed by atoms with Gasteiger partial charge in [-0.2, -0.15) is 0 Å². The molecule has 0 spiro atoms. The Balaban J connectivity index is 1.61. The quantitative estimate of drug-likeness (QED) is 0.906. The number of nitrogens with zero attached hydrogens (tertiary/aromatic N) is 1. The minimum absolute atomic E-state index is 0.151. The maximum Gasteiger partial charge on any atom is 0.306 e. The molecule has 21 heavy (non-hydrogen) atoms. The number of pyridine rings is 1. The Kier molecular flexibility index (Phi) is 4.15. The summed E-state index contributed by atoms with van der Waals surface area (Å²) in [7, 11) is 0. The summed E-state index contributed by atoms with van der Waals surface area (Å²) in [6, 6.07) is 8.68. The summed E-state index contributed by atoms with van der Waals surface area (Å²) in [5, 5.41) is 15.0. The fourth-order valence-electron chi connectivity index (χ4n) is 3.12. The second kappa shape index (κ2) is 6.22. The Morgan fingerprint density at radius 1 is 1.19 bits per heavy atom. The molecule has 0 saturated heterocycles. The minimum atomic E-state index is -0.647. The van der Waals surface area contributed by atoms with Crippen LogP contribution in [-0.2, 0) is 11.3 Å². The number of nitrogens with one attached hydrogen (secondary N) is 1. The first kappa shape index (κ1) is 14.0. The van der Waals surface area contributed by atoms with Gasteiger partial charge in [0.1, 0.15) is 0 Å². The van der Waals surface area contributed by atoms with E-state index in [0.29, 0.717) is 6.04 Å². The Labute approximate surface area is 124 Å². The molecule has 4 heteroatoms. The Bertz CT molecular complexity index is 628. The third-order valence-corrected chi connectivity index (χ3v) is 4.41. The van der Waals surface area contributed by atoms with Crippen LogP contribution in [0.1, 0.15) is 31.2 Å². The zero-order valence-corrected chi connectivity index (χ0v) is 12.0. The molecule has 1 aromatic heterocycles. The molecule has 0 amide bonds.